The lowest BCUT2D eigenvalue weighted by atomic mass is 9.70. The van der Waals surface area contributed by atoms with E-state index in [0.29, 0.717) is 4.90 Å². The van der Waals surface area contributed by atoms with Crippen LogP contribution in [0.2, 0.25) is 0 Å². The van der Waals surface area contributed by atoms with E-state index in [4.69, 9.17) is 0 Å². The lowest BCUT2D eigenvalue weighted by Gasteiger charge is -2.35. The van der Waals surface area contributed by atoms with E-state index in [1.54, 1.807) is 12.1 Å². The van der Waals surface area contributed by atoms with Gasteiger partial charge in [-0.2, -0.15) is 13.2 Å². The van der Waals surface area contributed by atoms with Crippen LogP contribution in [0.15, 0.2) is 30.3 Å². The molecule has 0 N–H and O–H groups in total. The first-order chi connectivity index (χ1) is 13.4. The lowest BCUT2D eigenvalue weighted by molar-refractivity contribution is -0.128. The van der Waals surface area contributed by atoms with Gasteiger partial charge in [-0.3, -0.25) is 4.90 Å². The number of halogens is 3. The third kappa shape index (κ3) is 5.12. The third-order valence-corrected chi connectivity index (χ3v) is 6.88. The fraction of sp³-hybridized carbons (Fsp3) is 0.667. The standard InChI is InChI=1S/C24H34F3N/c1-3-5-18-6-8-19(9-7-18)20-10-12-21(13-11-20)22-14-16-23(17-15-22)28(4-2)24(25,26)27/h12,14-20H,3-11,13H2,1-2H3. The molecule has 1 atom stereocenters. The van der Waals surface area contributed by atoms with Crippen molar-refractivity contribution < 1.29 is 13.2 Å². The zero-order valence-electron chi connectivity index (χ0n) is 17.3. The molecule has 0 amide bonds. The first-order valence-corrected chi connectivity index (χ1v) is 11.1. The second kappa shape index (κ2) is 9.37. The van der Waals surface area contributed by atoms with Gasteiger partial charge in [0.05, 0.1) is 0 Å². The number of hydrogen-bond acceptors (Lipinski definition) is 1. The highest BCUT2D eigenvalue weighted by Crippen LogP contribution is 2.42. The highest BCUT2D eigenvalue weighted by atomic mass is 19.4. The van der Waals surface area contributed by atoms with Crippen molar-refractivity contribution >= 4 is 11.3 Å². The number of anilines is 1. The molecule has 1 saturated carbocycles. The van der Waals surface area contributed by atoms with Gasteiger partial charge in [0.25, 0.3) is 0 Å². The average Bonchev–Trinajstić information content (AvgIpc) is 2.69. The van der Waals surface area contributed by atoms with E-state index in [2.05, 4.69) is 13.0 Å². The topological polar surface area (TPSA) is 3.24 Å². The van der Waals surface area contributed by atoms with Crippen molar-refractivity contribution in [1.29, 1.82) is 0 Å². The SMILES string of the molecule is CCCC1CCC(C2CC=C(c3ccc(N(CC)C(F)(F)F)cc3)CC2)CC1. The highest BCUT2D eigenvalue weighted by molar-refractivity contribution is 5.68. The molecule has 0 spiro atoms. The van der Waals surface area contributed by atoms with E-state index in [0.717, 1.165) is 36.2 Å². The van der Waals surface area contributed by atoms with Crippen molar-refractivity contribution in [2.75, 3.05) is 11.4 Å². The minimum Gasteiger partial charge on any atom is -0.284 e. The van der Waals surface area contributed by atoms with Crippen molar-refractivity contribution in [1.82, 2.24) is 0 Å². The first-order valence-electron chi connectivity index (χ1n) is 11.1. The molecule has 2 aliphatic rings. The summed E-state index contributed by atoms with van der Waals surface area (Å²) in [6, 6.07) is 6.92. The summed E-state index contributed by atoms with van der Waals surface area (Å²) in [4.78, 5) is 0.483. The molecule has 1 fully saturated rings. The first kappa shape index (κ1) is 21.3. The maximum atomic E-state index is 13.1. The van der Waals surface area contributed by atoms with Crippen molar-refractivity contribution in [2.24, 2.45) is 17.8 Å². The van der Waals surface area contributed by atoms with E-state index in [9.17, 15) is 13.2 Å². The largest absolute Gasteiger partial charge is 0.484 e. The zero-order chi connectivity index (χ0) is 20.1. The minimum absolute atomic E-state index is 0.0757. The normalized spacial score (nSPS) is 26.0. The summed E-state index contributed by atoms with van der Waals surface area (Å²) >= 11 is 0. The van der Waals surface area contributed by atoms with Crippen LogP contribution in [0.4, 0.5) is 18.9 Å². The molecule has 0 saturated heterocycles. The molecule has 1 aromatic rings. The van der Waals surface area contributed by atoms with E-state index in [-0.39, 0.29) is 12.2 Å². The maximum Gasteiger partial charge on any atom is 0.484 e. The second-order valence-corrected chi connectivity index (χ2v) is 8.59. The highest BCUT2D eigenvalue weighted by Gasteiger charge is 2.36. The van der Waals surface area contributed by atoms with Crippen LogP contribution in [0.1, 0.15) is 77.2 Å². The molecule has 3 rings (SSSR count). The summed E-state index contributed by atoms with van der Waals surface area (Å²) in [5.74, 6) is 2.62. The molecule has 28 heavy (non-hydrogen) atoms. The molecule has 0 aromatic heterocycles. The van der Waals surface area contributed by atoms with Crippen LogP contribution in [0.25, 0.3) is 5.57 Å². The quantitative estimate of drug-likeness (QED) is 0.445. The van der Waals surface area contributed by atoms with Crippen molar-refractivity contribution in [3.8, 4) is 0 Å². The van der Waals surface area contributed by atoms with Gasteiger partial charge in [0.15, 0.2) is 0 Å². The Kier molecular flexibility index (Phi) is 7.11. The third-order valence-electron chi connectivity index (χ3n) is 6.88. The summed E-state index contributed by atoms with van der Waals surface area (Å²) in [7, 11) is 0. The van der Waals surface area contributed by atoms with Crippen LogP contribution >= 0.6 is 0 Å². The predicted molar refractivity (Wildman–Crippen MR) is 111 cm³/mol. The van der Waals surface area contributed by atoms with Crippen LogP contribution in [0.5, 0.6) is 0 Å². The van der Waals surface area contributed by atoms with Crippen molar-refractivity contribution in [3.63, 3.8) is 0 Å². The molecule has 0 heterocycles. The van der Waals surface area contributed by atoms with Gasteiger partial charge in [-0.25, -0.2) is 0 Å². The Labute approximate surface area is 168 Å². The Morgan fingerprint density at radius 2 is 1.61 bits per heavy atom. The lowest BCUT2D eigenvalue weighted by Crippen LogP contribution is -2.37. The Morgan fingerprint density at radius 3 is 2.11 bits per heavy atom. The molecule has 0 bridgehead atoms. The molecule has 156 valence electrons. The maximum absolute atomic E-state index is 13.1. The zero-order valence-corrected chi connectivity index (χ0v) is 17.3. The minimum atomic E-state index is -4.33. The Bertz CT molecular complexity index is 639. The summed E-state index contributed by atoms with van der Waals surface area (Å²) in [5.41, 5.74) is 2.60. The van der Waals surface area contributed by atoms with Crippen LogP contribution in [0.3, 0.4) is 0 Å². The number of rotatable bonds is 6. The molecule has 0 aliphatic heterocycles. The molecular weight excluding hydrogens is 359 g/mol. The molecule has 0 radical (unpaired) electrons. The van der Waals surface area contributed by atoms with Gasteiger partial charge in [-0.15, -0.1) is 0 Å². The smallest absolute Gasteiger partial charge is 0.284 e. The van der Waals surface area contributed by atoms with Crippen LogP contribution < -0.4 is 4.90 Å². The molecule has 4 heteroatoms. The number of hydrogen-bond donors (Lipinski definition) is 0. The van der Waals surface area contributed by atoms with Gasteiger partial charge >= 0.3 is 6.30 Å². The molecule has 1 nitrogen and oxygen atoms in total. The predicted octanol–water partition coefficient (Wildman–Crippen LogP) is 7.82. The van der Waals surface area contributed by atoms with Gasteiger partial charge in [-0.1, -0.05) is 50.8 Å². The van der Waals surface area contributed by atoms with E-state index >= 15 is 0 Å². The van der Waals surface area contributed by atoms with Crippen LogP contribution in [0, 0.1) is 17.8 Å². The summed E-state index contributed by atoms with van der Waals surface area (Å²) in [5, 5.41) is 0. The monoisotopic (exact) mass is 393 g/mol. The summed E-state index contributed by atoms with van der Waals surface area (Å²) in [6.45, 7) is 3.74. The molecule has 1 unspecified atom stereocenters. The Morgan fingerprint density at radius 1 is 0.929 bits per heavy atom. The van der Waals surface area contributed by atoms with Gasteiger partial charge in [0.1, 0.15) is 0 Å². The molecular formula is C24H34F3N. The number of benzene rings is 1. The summed E-state index contributed by atoms with van der Waals surface area (Å²) in [6.07, 6.45) is 9.70. The number of allylic oxidation sites excluding steroid dienone is 2. The van der Waals surface area contributed by atoms with Gasteiger partial charge in [0.2, 0.25) is 0 Å². The van der Waals surface area contributed by atoms with Crippen LogP contribution in [-0.4, -0.2) is 12.8 Å². The number of alkyl halides is 3. The van der Waals surface area contributed by atoms with Gasteiger partial charge in [-0.05, 0) is 80.1 Å². The van der Waals surface area contributed by atoms with Gasteiger partial charge in [0, 0.05) is 12.2 Å². The summed E-state index contributed by atoms with van der Waals surface area (Å²) < 4.78 is 39.2. The van der Waals surface area contributed by atoms with Crippen molar-refractivity contribution in [3.05, 3.63) is 35.9 Å². The Hall–Kier alpha value is -1.45. The second-order valence-electron chi connectivity index (χ2n) is 8.59. The van der Waals surface area contributed by atoms with E-state index < -0.39 is 6.30 Å². The van der Waals surface area contributed by atoms with Crippen LogP contribution in [-0.2, 0) is 0 Å². The van der Waals surface area contributed by atoms with E-state index in [1.165, 1.54) is 57.4 Å². The fourth-order valence-corrected chi connectivity index (χ4v) is 5.27. The van der Waals surface area contributed by atoms with E-state index in [1.807, 2.05) is 12.1 Å². The van der Waals surface area contributed by atoms with Crippen molar-refractivity contribution in [2.45, 2.75) is 77.9 Å². The Balaban J connectivity index is 1.58. The molecule has 2 aliphatic carbocycles. The molecule has 1 aromatic carbocycles. The number of nitrogens with zero attached hydrogens (tertiary/aromatic N) is 1. The fourth-order valence-electron chi connectivity index (χ4n) is 5.27. The average molecular weight is 394 g/mol. The van der Waals surface area contributed by atoms with Gasteiger partial charge < -0.3 is 0 Å².